The van der Waals surface area contributed by atoms with E-state index in [1.807, 2.05) is 0 Å². The maximum Gasteiger partial charge on any atom is 0.123 e. The highest BCUT2D eigenvalue weighted by atomic mass is 35.5. The summed E-state index contributed by atoms with van der Waals surface area (Å²) in [5.41, 5.74) is 6.31. The van der Waals surface area contributed by atoms with Crippen molar-refractivity contribution in [3.8, 4) is 0 Å². The van der Waals surface area contributed by atoms with Crippen molar-refractivity contribution in [1.82, 2.24) is 0 Å². The van der Waals surface area contributed by atoms with E-state index in [9.17, 15) is 4.39 Å². The van der Waals surface area contributed by atoms with Gasteiger partial charge in [-0.15, -0.1) is 0 Å². The quantitative estimate of drug-likeness (QED) is 0.821. The van der Waals surface area contributed by atoms with Gasteiger partial charge in [0.2, 0.25) is 0 Å². The first-order valence-electron chi connectivity index (χ1n) is 4.77. The molecule has 0 spiro atoms. The van der Waals surface area contributed by atoms with E-state index in [-0.39, 0.29) is 5.82 Å². The molecule has 0 aliphatic rings. The molecule has 0 bridgehead atoms. The summed E-state index contributed by atoms with van der Waals surface area (Å²) in [6.45, 7) is 2.75. The number of nitrogens with two attached hydrogens (primary N) is 1. The summed E-state index contributed by atoms with van der Waals surface area (Å²) in [6.07, 6.45) is 1.72. The zero-order chi connectivity index (χ0) is 10.6. The van der Waals surface area contributed by atoms with Crippen LogP contribution in [0.3, 0.4) is 0 Å². The van der Waals surface area contributed by atoms with E-state index < -0.39 is 0 Å². The first kappa shape index (κ1) is 11.5. The lowest BCUT2D eigenvalue weighted by Gasteiger charge is -2.11. The first-order chi connectivity index (χ1) is 6.63. The number of hydrogen-bond donors (Lipinski definition) is 1. The molecule has 0 saturated carbocycles. The molecule has 1 rings (SSSR count). The summed E-state index contributed by atoms with van der Waals surface area (Å²) in [5, 5.41) is 0.635. The maximum absolute atomic E-state index is 12.9. The van der Waals surface area contributed by atoms with E-state index in [2.05, 4.69) is 6.92 Å². The van der Waals surface area contributed by atoms with Crippen LogP contribution in [0.2, 0.25) is 5.02 Å². The summed E-state index contributed by atoms with van der Waals surface area (Å²) >= 11 is 5.94. The number of rotatable bonds is 4. The summed E-state index contributed by atoms with van der Waals surface area (Å²) in [7, 11) is 0. The monoisotopic (exact) mass is 215 g/mol. The summed E-state index contributed by atoms with van der Waals surface area (Å²) < 4.78 is 12.9. The maximum atomic E-state index is 12.9. The van der Waals surface area contributed by atoms with Crippen LogP contribution in [0.5, 0.6) is 0 Å². The molecular formula is C11H15ClFN. The third-order valence-electron chi connectivity index (χ3n) is 2.24. The molecule has 0 amide bonds. The second-order valence-corrected chi connectivity index (χ2v) is 4.03. The van der Waals surface area contributed by atoms with E-state index in [0.29, 0.717) is 17.5 Å². The van der Waals surface area contributed by atoms with Gasteiger partial charge in [0.25, 0.3) is 0 Å². The number of hydrogen-bond acceptors (Lipinski definition) is 1. The van der Waals surface area contributed by atoms with Crippen molar-refractivity contribution in [3.05, 3.63) is 34.6 Å². The molecule has 0 radical (unpaired) electrons. The van der Waals surface area contributed by atoms with Crippen molar-refractivity contribution in [3.63, 3.8) is 0 Å². The smallest absolute Gasteiger partial charge is 0.123 e. The lowest BCUT2D eigenvalue weighted by Crippen LogP contribution is -2.08. The van der Waals surface area contributed by atoms with Crippen molar-refractivity contribution >= 4 is 11.6 Å². The topological polar surface area (TPSA) is 26.0 Å². The molecule has 78 valence electrons. The van der Waals surface area contributed by atoms with Gasteiger partial charge < -0.3 is 5.73 Å². The second kappa shape index (κ2) is 5.32. The largest absolute Gasteiger partial charge is 0.330 e. The summed E-state index contributed by atoms with van der Waals surface area (Å²) in [6, 6.07) is 4.47. The van der Waals surface area contributed by atoms with Gasteiger partial charge in [-0.1, -0.05) is 18.5 Å². The molecular weight excluding hydrogens is 201 g/mol. The van der Waals surface area contributed by atoms with E-state index in [4.69, 9.17) is 17.3 Å². The van der Waals surface area contributed by atoms with Gasteiger partial charge >= 0.3 is 0 Å². The zero-order valence-corrected chi connectivity index (χ0v) is 9.02. The van der Waals surface area contributed by atoms with E-state index in [0.717, 1.165) is 18.4 Å². The van der Waals surface area contributed by atoms with Crippen LogP contribution < -0.4 is 5.73 Å². The van der Waals surface area contributed by atoms with Gasteiger partial charge in [0.15, 0.2) is 0 Å². The average Bonchev–Trinajstić information content (AvgIpc) is 2.12. The Morgan fingerprint density at radius 1 is 1.50 bits per heavy atom. The van der Waals surface area contributed by atoms with Crippen LogP contribution in [0.1, 0.15) is 18.9 Å². The Balaban J connectivity index is 2.70. The first-order valence-corrected chi connectivity index (χ1v) is 5.15. The van der Waals surface area contributed by atoms with Crippen molar-refractivity contribution in [2.75, 3.05) is 6.54 Å². The van der Waals surface area contributed by atoms with Gasteiger partial charge in [-0.3, -0.25) is 0 Å². The Hall–Kier alpha value is -0.600. The lowest BCUT2D eigenvalue weighted by atomic mass is 9.98. The Labute approximate surface area is 89.1 Å². The van der Waals surface area contributed by atoms with Gasteiger partial charge in [-0.2, -0.15) is 0 Å². The van der Waals surface area contributed by atoms with Crippen LogP contribution in [-0.2, 0) is 6.42 Å². The van der Waals surface area contributed by atoms with Crippen LogP contribution >= 0.6 is 11.6 Å². The predicted molar refractivity (Wildman–Crippen MR) is 57.9 cm³/mol. The van der Waals surface area contributed by atoms with Crippen molar-refractivity contribution in [2.24, 2.45) is 11.7 Å². The van der Waals surface area contributed by atoms with Gasteiger partial charge in [0.1, 0.15) is 5.82 Å². The molecule has 1 unspecified atom stereocenters. The van der Waals surface area contributed by atoms with E-state index in [1.165, 1.54) is 12.1 Å². The molecule has 1 aromatic carbocycles. The van der Waals surface area contributed by atoms with Crippen molar-refractivity contribution in [1.29, 1.82) is 0 Å². The highest BCUT2D eigenvalue weighted by Gasteiger charge is 2.07. The average molecular weight is 216 g/mol. The molecule has 0 fully saturated rings. The lowest BCUT2D eigenvalue weighted by molar-refractivity contribution is 0.535. The van der Waals surface area contributed by atoms with E-state index in [1.54, 1.807) is 6.07 Å². The standard InChI is InChI=1S/C11H15ClFN/c1-8(4-5-14)6-9-7-10(13)2-3-11(9)12/h2-3,7-8H,4-6,14H2,1H3. The fourth-order valence-electron chi connectivity index (χ4n) is 1.46. The highest BCUT2D eigenvalue weighted by molar-refractivity contribution is 6.31. The van der Waals surface area contributed by atoms with Crippen LogP contribution in [0, 0.1) is 11.7 Å². The van der Waals surface area contributed by atoms with Gasteiger partial charge in [0.05, 0.1) is 0 Å². The Kier molecular flexibility index (Phi) is 4.36. The second-order valence-electron chi connectivity index (χ2n) is 3.62. The molecule has 1 atom stereocenters. The van der Waals surface area contributed by atoms with Crippen molar-refractivity contribution < 1.29 is 4.39 Å². The van der Waals surface area contributed by atoms with Crippen LogP contribution in [0.4, 0.5) is 4.39 Å². The molecule has 0 aliphatic carbocycles. The molecule has 1 aromatic rings. The molecule has 1 nitrogen and oxygen atoms in total. The highest BCUT2D eigenvalue weighted by Crippen LogP contribution is 2.21. The molecule has 2 N–H and O–H groups in total. The minimum Gasteiger partial charge on any atom is -0.330 e. The van der Waals surface area contributed by atoms with Gasteiger partial charge in [-0.25, -0.2) is 4.39 Å². The molecule has 14 heavy (non-hydrogen) atoms. The summed E-state index contributed by atoms with van der Waals surface area (Å²) in [4.78, 5) is 0. The Bertz CT molecular complexity index is 301. The molecule has 0 aromatic heterocycles. The Morgan fingerprint density at radius 3 is 2.86 bits per heavy atom. The Morgan fingerprint density at radius 2 is 2.21 bits per heavy atom. The fourth-order valence-corrected chi connectivity index (χ4v) is 1.66. The third kappa shape index (κ3) is 3.28. The minimum atomic E-state index is -0.232. The minimum absolute atomic E-state index is 0.232. The number of halogens is 2. The van der Waals surface area contributed by atoms with E-state index >= 15 is 0 Å². The molecule has 3 heteroatoms. The normalized spacial score (nSPS) is 12.9. The molecule has 0 aliphatic heterocycles. The van der Waals surface area contributed by atoms with Crippen LogP contribution in [-0.4, -0.2) is 6.54 Å². The molecule has 0 heterocycles. The number of benzene rings is 1. The van der Waals surface area contributed by atoms with Crippen LogP contribution in [0.25, 0.3) is 0 Å². The van der Waals surface area contributed by atoms with Crippen molar-refractivity contribution in [2.45, 2.75) is 19.8 Å². The summed E-state index contributed by atoms with van der Waals surface area (Å²) in [5.74, 6) is 0.212. The fraction of sp³-hybridized carbons (Fsp3) is 0.455. The predicted octanol–water partition coefficient (Wildman–Crippen LogP) is 3.01. The third-order valence-corrected chi connectivity index (χ3v) is 2.60. The SMILES string of the molecule is CC(CCN)Cc1cc(F)ccc1Cl. The van der Waals surface area contributed by atoms with Crippen LogP contribution in [0.15, 0.2) is 18.2 Å². The molecule has 0 saturated heterocycles. The van der Waals surface area contributed by atoms with Gasteiger partial charge in [0, 0.05) is 5.02 Å². The zero-order valence-electron chi connectivity index (χ0n) is 8.26. The van der Waals surface area contributed by atoms with Gasteiger partial charge in [-0.05, 0) is 49.1 Å².